The summed E-state index contributed by atoms with van der Waals surface area (Å²) in [6, 6.07) is 0. The Bertz CT molecular complexity index is 150. The van der Waals surface area contributed by atoms with Gasteiger partial charge in [0.05, 0.1) is 6.10 Å². The van der Waals surface area contributed by atoms with Gasteiger partial charge in [-0.2, -0.15) is 0 Å². The van der Waals surface area contributed by atoms with Crippen LogP contribution in [0, 0.1) is 11.8 Å². The number of nitrogens with two attached hydrogens (primary N) is 1. The molecule has 2 nitrogen and oxygen atoms in total. The van der Waals surface area contributed by atoms with E-state index in [9.17, 15) is 0 Å². The zero-order valence-electron chi connectivity index (χ0n) is 8.37. The second kappa shape index (κ2) is 4.43. The normalized spacial score (nSPS) is 31.6. The fourth-order valence-corrected chi connectivity index (χ4v) is 2.89. The van der Waals surface area contributed by atoms with Gasteiger partial charge in [0, 0.05) is 6.61 Å². The molecule has 1 saturated carbocycles. The maximum atomic E-state index is 5.66. The maximum absolute atomic E-state index is 5.66. The van der Waals surface area contributed by atoms with Crippen molar-refractivity contribution in [1.29, 1.82) is 0 Å². The number of rotatable bonds is 4. The van der Waals surface area contributed by atoms with Gasteiger partial charge >= 0.3 is 0 Å². The second-order valence-corrected chi connectivity index (χ2v) is 4.48. The molecule has 2 fully saturated rings. The van der Waals surface area contributed by atoms with Crippen LogP contribution in [0.25, 0.3) is 0 Å². The summed E-state index contributed by atoms with van der Waals surface area (Å²) in [4.78, 5) is 0. The van der Waals surface area contributed by atoms with E-state index in [2.05, 4.69) is 0 Å². The second-order valence-electron chi connectivity index (χ2n) is 4.48. The molecule has 2 unspecified atom stereocenters. The Hall–Kier alpha value is -0.0800. The van der Waals surface area contributed by atoms with E-state index >= 15 is 0 Å². The molecule has 0 amide bonds. The van der Waals surface area contributed by atoms with E-state index in [1.165, 1.54) is 38.5 Å². The van der Waals surface area contributed by atoms with Crippen LogP contribution in [-0.4, -0.2) is 19.3 Å². The Morgan fingerprint density at radius 1 is 1.23 bits per heavy atom. The average molecular weight is 183 g/mol. The minimum Gasteiger partial charge on any atom is -0.378 e. The smallest absolute Gasteiger partial charge is 0.0628 e. The Labute approximate surface area is 80.8 Å². The van der Waals surface area contributed by atoms with Crippen molar-refractivity contribution in [2.75, 3.05) is 13.2 Å². The highest BCUT2D eigenvalue weighted by Crippen LogP contribution is 2.38. The molecule has 0 aromatic rings. The zero-order chi connectivity index (χ0) is 9.10. The van der Waals surface area contributed by atoms with Crippen molar-refractivity contribution >= 4 is 0 Å². The van der Waals surface area contributed by atoms with Gasteiger partial charge in [-0.15, -0.1) is 0 Å². The van der Waals surface area contributed by atoms with Gasteiger partial charge in [-0.05, 0) is 31.2 Å². The predicted molar refractivity (Wildman–Crippen MR) is 53.5 cm³/mol. The fourth-order valence-electron chi connectivity index (χ4n) is 2.89. The standard InChI is InChI=1S/C11H21NO/c12-7-5-10(11-6-8-13-11)9-3-1-2-4-9/h9-11H,1-8,12H2. The van der Waals surface area contributed by atoms with E-state index in [4.69, 9.17) is 10.5 Å². The molecule has 0 radical (unpaired) electrons. The van der Waals surface area contributed by atoms with Crippen molar-refractivity contribution in [2.45, 2.75) is 44.6 Å². The van der Waals surface area contributed by atoms with Crippen LogP contribution in [0.3, 0.4) is 0 Å². The van der Waals surface area contributed by atoms with Crippen molar-refractivity contribution in [3.05, 3.63) is 0 Å². The monoisotopic (exact) mass is 183 g/mol. The highest BCUT2D eigenvalue weighted by Gasteiger charge is 2.34. The molecule has 1 aliphatic heterocycles. The highest BCUT2D eigenvalue weighted by atomic mass is 16.5. The lowest BCUT2D eigenvalue weighted by Gasteiger charge is -2.37. The molecule has 2 N–H and O–H groups in total. The first-order valence-electron chi connectivity index (χ1n) is 5.73. The first kappa shape index (κ1) is 9.47. The quantitative estimate of drug-likeness (QED) is 0.723. The van der Waals surface area contributed by atoms with Gasteiger partial charge in [0.15, 0.2) is 0 Å². The van der Waals surface area contributed by atoms with Crippen molar-refractivity contribution in [3.8, 4) is 0 Å². The van der Waals surface area contributed by atoms with Crippen LogP contribution in [0.5, 0.6) is 0 Å². The summed E-state index contributed by atoms with van der Waals surface area (Å²) in [5.74, 6) is 1.70. The SMILES string of the molecule is NCCC(C1CCCC1)C1CCO1. The van der Waals surface area contributed by atoms with Crippen LogP contribution in [0.15, 0.2) is 0 Å². The number of hydrogen-bond acceptors (Lipinski definition) is 2. The predicted octanol–water partition coefficient (Wildman–Crippen LogP) is 1.93. The van der Waals surface area contributed by atoms with Crippen LogP contribution in [0.2, 0.25) is 0 Å². The maximum Gasteiger partial charge on any atom is 0.0628 e. The summed E-state index contributed by atoms with van der Waals surface area (Å²) in [6.07, 6.45) is 8.72. The van der Waals surface area contributed by atoms with E-state index in [0.29, 0.717) is 6.10 Å². The van der Waals surface area contributed by atoms with Gasteiger partial charge < -0.3 is 10.5 Å². The van der Waals surface area contributed by atoms with Crippen molar-refractivity contribution in [2.24, 2.45) is 17.6 Å². The van der Waals surface area contributed by atoms with Gasteiger partial charge in [0.25, 0.3) is 0 Å². The molecule has 2 aliphatic rings. The van der Waals surface area contributed by atoms with Crippen LogP contribution in [-0.2, 0) is 4.74 Å². The van der Waals surface area contributed by atoms with Gasteiger partial charge in [-0.1, -0.05) is 25.7 Å². The molecule has 0 aromatic carbocycles. The fraction of sp³-hybridized carbons (Fsp3) is 1.00. The van der Waals surface area contributed by atoms with E-state index < -0.39 is 0 Å². The van der Waals surface area contributed by atoms with Crippen LogP contribution >= 0.6 is 0 Å². The molecule has 0 aromatic heterocycles. The summed E-state index contributed by atoms with van der Waals surface area (Å²) < 4.78 is 5.60. The van der Waals surface area contributed by atoms with E-state index in [0.717, 1.165) is 25.0 Å². The van der Waals surface area contributed by atoms with Crippen LogP contribution < -0.4 is 5.73 Å². The number of hydrogen-bond donors (Lipinski definition) is 1. The Morgan fingerprint density at radius 3 is 2.38 bits per heavy atom. The molecule has 1 aliphatic carbocycles. The lowest BCUT2D eigenvalue weighted by molar-refractivity contribution is -0.0991. The molecule has 0 spiro atoms. The molecule has 1 heterocycles. The summed E-state index contributed by atoms with van der Waals surface area (Å²) in [5, 5.41) is 0. The first-order valence-corrected chi connectivity index (χ1v) is 5.73. The minimum absolute atomic E-state index is 0.562. The molecule has 2 heteroatoms. The van der Waals surface area contributed by atoms with Gasteiger partial charge in [0.1, 0.15) is 0 Å². The first-order chi connectivity index (χ1) is 6.42. The third-order valence-corrected chi connectivity index (χ3v) is 3.72. The average Bonchev–Trinajstić information content (AvgIpc) is 2.51. The summed E-state index contributed by atoms with van der Waals surface area (Å²) >= 11 is 0. The largest absolute Gasteiger partial charge is 0.378 e. The lowest BCUT2D eigenvalue weighted by atomic mass is 9.81. The third kappa shape index (κ3) is 2.05. The number of ether oxygens (including phenoxy) is 1. The molecule has 76 valence electrons. The van der Waals surface area contributed by atoms with Gasteiger partial charge in [-0.3, -0.25) is 0 Å². The molecule has 2 atom stereocenters. The molecule has 13 heavy (non-hydrogen) atoms. The summed E-state index contributed by atoms with van der Waals surface area (Å²) in [7, 11) is 0. The zero-order valence-corrected chi connectivity index (χ0v) is 8.37. The highest BCUT2D eigenvalue weighted by molar-refractivity contribution is 4.84. The molecular weight excluding hydrogens is 162 g/mol. The lowest BCUT2D eigenvalue weighted by Crippen LogP contribution is -2.39. The Kier molecular flexibility index (Phi) is 3.23. The topological polar surface area (TPSA) is 35.2 Å². The van der Waals surface area contributed by atoms with Crippen molar-refractivity contribution in [1.82, 2.24) is 0 Å². The summed E-state index contributed by atoms with van der Waals surface area (Å²) in [6.45, 7) is 1.82. The van der Waals surface area contributed by atoms with Crippen LogP contribution in [0.4, 0.5) is 0 Å². The van der Waals surface area contributed by atoms with Gasteiger partial charge in [0.2, 0.25) is 0 Å². The molecule has 2 rings (SSSR count). The molecule has 0 bridgehead atoms. The van der Waals surface area contributed by atoms with Gasteiger partial charge in [-0.25, -0.2) is 0 Å². The minimum atomic E-state index is 0.562. The molecule has 1 saturated heterocycles. The van der Waals surface area contributed by atoms with E-state index in [1.807, 2.05) is 0 Å². The van der Waals surface area contributed by atoms with E-state index in [1.54, 1.807) is 0 Å². The van der Waals surface area contributed by atoms with Crippen molar-refractivity contribution in [3.63, 3.8) is 0 Å². The Balaban J connectivity index is 1.86. The van der Waals surface area contributed by atoms with Crippen LogP contribution in [0.1, 0.15) is 38.5 Å². The van der Waals surface area contributed by atoms with Crippen molar-refractivity contribution < 1.29 is 4.74 Å². The third-order valence-electron chi connectivity index (χ3n) is 3.72. The Morgan fingerprint density at radius 2 is 1.92 bits per heavy atom. The summed E-state index contributed by atoms with van der Waals surface area (Å²) in [5.41, 5.74) is 5.66. The van der Waals surface area contributed by atoms with E-state index in [-0.39, 0.29) is 0 Å². The molecular formula is C11H21NO.